The highest BCUT2D eigenvalue weighted by Crippen LogP contribution is 2.37. The van der Waals surface area contributed by atoms with E-state index in [2.05, 4.69) is 39.6 Å². The first-order valence-electron chi connectivity index (χ1n) is 10.8. The van der Waals surface area contributed by atoms with Crippen molar-refractivity contribution in [2.45, 2.75) is 32.9 Å². The van der Waals surface area contributed by atoms with Crippen molar-refractivity contribution < 1.29 is 9.18 Å². The van der Waals surface area contributed by atoms with Crippen LogP contribution in [0.1, 0.15) is 25.6 Å². The number of halogens is 2. The predicted octanol–water partition coefficient (Wildman–Crippen LogP) is 4.31. The van der Waals surface area contributed by atoms with Gasteiger partial charge in [0.1, 0.15) is 5.52 Å². The molecule has 1 saturated heterocycles. The van der Waals surface area contributed by atoms with Crippen molar-refractivity contribution in [3.05, 3.63) is 41.3 Å². The molecule has 33 heavy (non-hydrogen) atoms. The smallest absolute Gasteiger partial charge is 0.244 e. The van der Waals surface area contributed by atoms with E-state index in [9.17, 15) is 9.18 Å². The third-order valence-electron chi connectivity index (χ3n) is 5.88. The van der Waals surface area contributed by atoms with Gasteiger partial charge < -0.3 is 15.5 Å². The number of rotatable bonds is 3. The van der Waals surface area contributed by atoms with Gasteiger partial charge in [-0.1, -0.05) is 11.6 Å². The average Bonchev–Trinajstić information content (AvgIpc) is 3.28. The molecule has 0 radical (unpaired) electrons. The van der Waals surface area contributed by atoms with Crippen LogP contribution in [0.2, 0.25) is 5.02 Å². The lowest BCUT2D eigenvalue weighted by Gasteiger charge is -2.37. The highest BCUT2D eigenvalue weighted by Gasteiger charge is 2.24. The largest absolute Gasteiger partial charge is 0.368 e. The van der Waals surface area contributed by atoms with Crippen molar-refractivity contribution in [2.24, 2.45) is 7.05 Å². The fraction of sp³-hybridized carbons (Fsp3) is 0.348. The van der Waals surface area contributed by atoms with E-state index in [1.54, 1.807) is 24.0 Å². The van der Waals surface area contributed by atoms with E-state index >= 15 is 0 Å². The van der Waals surface area contributed by atoms with E-state index in [0.29, 0.717) is 50.4 Å². The fourth-order valence-electron chi connectivity index (χ4n) is 4.65. The van der Waals surface area contributed by atoms with Gasteiger partial charge in [0.25, 0.3) is 0 Å². The molecule has 5 rings (SSSR count). The quantitative estimate of drug-likeness (QED) is 0.465. The van der Waals surface area contributed by atoms with E-state index in [1.165, 1.54) is 17.7 Å². The van der Waals surface area contributed by atoms with Crippen molar-refractivity contribution in [3.63, 3.8) is 0 Å². The van der Waals surface area contributed by atoms with E-state index in [0.717, 1.165) is 18.8 Å². The number of anilines is 3. The van der Waals surface area contributed by atoms with Crippen molar-refractivity contribution in [2.75, 3.05) is 23.3 Å². The lowest BCUT2D eigenvalue weighted by atomic mass is 10.1. The minimum absolute atomic E-state index is 0.239. The zero-order chi connectivity index (χ0) is 23.4. The number of aromatic nitrogens is 4. The van der Waals surface area contributed by atoms with Crippen LogP contribution >= 0.6 is 11.6 Å². The highest BCUT2D eigenvalue weighted by atomic mass is 35.5. The Labute approximate surface area is 195 Å². The standard InChI is InChI=1S/C23H25ClFN7O/c1-12-9-31(10-13(2)26-12)17-7-18(24)21-20(8-17)32(14(3)33)29-23(21)27-16-5-15-11-30(4)28-22(15)19(25)6-16/h5-8,11-13,26H,9-10H2,1-4H3,(H,27,29)/t12-,13-/m0/s1. The summed E-state index contributed by atoms with van der Waals surface area (Å²) in [6.07, 6.45) is 1.74. The number of nitrogens with zero attached hydrogens (tertiary/aromatic N) is 5. The third kappa shape index (κ3) is 3.91. The number of hydrogen-bond donors (Lipinski definition) is 2. The number of hydrogen-bond acceptors (Lipinski definition) is 6. The Morgan fingerprint density at radius 1 is 1.18 bits per heavy atom. The Bertz CT molecular complexity index is 1380. The second-order valence-corrected chi connectivity index (χ2v) is 9.21. The summed E-state index contributed by atoms with van der Waals surface area (Å²) in [6.45, 7) is 7.39. The Morgan fingerprint density at radius 3 is 2.61 bits per heavy atom. The molecule has 2 aromatic carbocycles. The van der Waals surface area contributed by atoms with Gasteiger partial charge in [0.2, 0.25) is 5.91 Å². The lowest BCUT2D eigenvalue weighted by Crippen LogP contribution is -2.54. The van der Waals surface area contributed by atoms with Crippen molar-refractivity contribution in [3.8, 4) is 0 Å². The number of fused-ring (bicyclic) bond motifs is 2. The molecule has 1 aliphatic rings. The van der Waals surface area contributed by atoms with Gasteiger partial charge in [-0.25, -0.2) is 4.39 Å². The molecule has 0 amide bonds. The van der Waals surface area contributed by atoms with Gasteiger partial charge in [0.05, 0.1) is 15.9 Å². The summed E-state index contributed by atoms with van der Waals surface area (Å²) >= 11 is 6.74. The van der Waals surface area contributed by atoms with Crippen molar-refractivity contribution in [1.29, 1.82) is 0 Å². The van der Waals surface area contributed by atoms with Crippen LogP contribution in [0.4, 0.5) is 21.6 Å². The van der Waals surface area contributed by atoms with E-state index in [-0.39, 0.29) is 5.91 Å². The molecule has 8 nitrogen and oxygen atoms in total. The van der Waals surface area contributed by atoms with Gasteiger partial charge >= 0.3 is 0 Å². The van der Waals surface area contributed by atoms with Gasteiger partial charge in [-0.3, -0.25) is 9.48 Å². The Kier molecular flexibility index (Phi) is 5.25. The molecule has 1 fully saturated rings. The topological polar surface area (TPSA) is 80.0 Å². The first-order chi connectivity index (χ1) is 15.7. The molecule has 0 bridgehead atoms. The highest BCUT2D eigenvalue weighted by molar-refractivity contribution is 6.37. The van der Waals surface area contributed by atoms with Crippen LogP contribution in [-0.4, -0.2) is 50.6 Å². The second-order valence-electron chi connectivity index (χ2n) is 8.80. The minimum Gasteiger partial charge on any atom is -0.368 e. The molecule has 2 aromatic heterocycles. The van der Waals surface area contributed by atoms with Crippen LogP contribution < -0.4 is 15.5 Å². The first-order valence-corrected chi connectivity index (χ1v) is 11.2. The van der Waals surface area contributed by atoms with Gasteiger partial charge in [0.15, 0.2) is 11.6 Å². The summed E-state index contributed by atoms with van der Waals surface area (Å²) in [5, 5.41) is 17.0. The molecule has 2 atom stereocenters. The SMILES string of the molecule is CC(=O)n1nc(Nc2cc(F)c3nn(C)cc3c2)c2c(Cl)cc(N3C[C@H](C)N[C@@H](C)C3)cc21. The predicted molar refractivity (Wildman–Crippen MR) is 129 cm³/mol. The van der Waals surface area contributed by atoms with E-state index in [1.807, 2.05) is 12.1 Å². The van der Waals surface area contributed by atoms with Crippen LogP contribution in [0, 0.1) is 5.82 Å². The van der Waals surface area contributed by atoms with Crippen molar-refractivity contribution >= 4 is 56.5 Å². The normalized spacial score (nSPS) is 18.9. The summed E-state index contributed by atoms with van der Waals surface area (Å²) in [7, 11) is 1.74. The summed E-state index contributed by atoms with van der Waals surface area (Å²) in [6, 6.07) is 7.65. The molecule has 172 valence electrons. The molecule has 0 saturated carbocycles. The lowest BCUT2D eigenvalue weighted by molar-refractivity contribution is 0.0927. The second kappa shape index (κ2) is 8.00. The summed E-state index contributed by atoms with van der Waals surface area (Å²) < 4.78 is 17.5. The van der Waals surface area contributed by atoms with E-state index < -0.39 is 5.82 Å². The Balaban J connectivity index is 1.59. The zero-order valence-electron chi connectivity index (χ0n) is 18.9. The van der Waals surface area contributed by atoms with Crippen molar-refractivity contribution in [1.82, 2.24) is 24.9 Å². The molecule has 0 unspecified atom stereocenters. The Hall–Kier alpha value is -3.17. The minimum atomic E-state index is -0.443. The first kappa shape index (κ1) is 21.7. The van der Waals surface area contributed by atoms with Crippen LogP contribution in [0.5, 0.6) is 0 Å². The zero-order valence-corrected chi connectivity index (χ0v) is 19.6. The number of nitrogens with one attached hydrogen (secondary N) is 2. The molecule has 3 heterocycles. The molecular weight excluding hydrogens is 445 g/mol. The number of benzene rings is 2. The molecule has 10 heteroatoms. The maximum atomic E-state index is 14.6. The maximum absolute atomic E-state index is 14.6. The fourth-order valence-corrected chi connectivity index (χ4v) is 4.95. The van der Waals surface area contributed by atoms with E-state index in [4.69, 9.17) is 11.6 Å². The van der Waals surface area contributed by atoms with Crippen LogP contribution in [0.15, 0.2) is 30.5 Å². The number of aryl methyl sites for hydroxylation is 1. The Morgan fingerprint density at radius 2 is 1.91 bits per heavy atom. The number of carbonyl (C=O) groups is 1. The van der Waals surface area contributed by atoms with Gasteiger partial charge in [-0.05, 0) is 38.1 Å². The molecular formula is C23H25ClFN7O. The van der Waals surface area contributed by atoms with Crippen LogP contribution in [0.3, 0.4) is 0 Å². The maximum Gasteiger partial charge on any atom is 0.244 e. The monoisotopic (exact) mass is 469 g/mol. The molecule has 1 aliphatic heterocycles. The molecule has 0 spiro atoms. The van der Waals surface area contributed by atoms with Crippen LogP contribution in [-0.2, 0) is 7.05 Å². The molecule has 4 aromatic rings. The average molecular weight is 470 g/mol. The van der Waals surface area contributed by atoms with Gasteiger partial charge in [-0.2, -0.15) is 9.78 Å². The summed E-state index contributed by atoms with van der Waals surface area (Å²) in [5.41, 5.74) is 2.33. The summed E-state index contributed by atoms with van der Waals surface area (Å²) in [5.74, 6) is -0.292. The molecule has 2 N–H and O–H groups in total. The van der Waals surface area contributed by atoms with Gasteiger partial charge in [-0.15, -0.1) is 5.10 Å². The number of carbonyl (C=O) groups excluding carboxylic acids is 1. The molecule has 0 aliphatic carbocycles. The third-order valence-corrected chi connectivity index (χ3v) is 6.18. The number of piperazine rings is 1. The summed E-state index contributed by atoms with van der Waals surface area (Å²) in [4.78, 5) is 14.7. The van der Waals surface area contributed by atoms with Gasteiger partial charge in [0, 0.05) is 62.1 Å². The van der Waals surface area contributed by atoms with Crippen LogP contribution in [0.25, 0.3) is 21.8 Å².